The monoisotopic (exact) mass is 614 g/mol. The second-order valence-corrected chi connectivity index (χ2v) is 15.3. The normalized spacial score (nSPS) is 34.2. The van der Waals surface area contributed by atoms with Gasteiger partial charge >= 0.3 is 0 Å². The lowest BCUT2D eigenvalue weighted by Crippen LogP contribution is -2.51. The van der Waals surface area contributed by atoms with Gasteiger partial charge in [0.25, 0.3) is 5.91 Å². The van der Waals surface area contributed by atoms with E-state index in [2.05, 4.69) is 28.7 Å². The molecule has 0 unspecified atom stereocenters. The molecular weight excluding hydrogens is 576 g/mol. The molecule has 7 rings (SSSR count). The van der Waals surface area contributed by atoms with Crippen molar-refractivity contribution >= 4 is 33.2 Å². The largest absolute Gasteiger partial charge is 0.490 e. The SMILES string of the molecule is C[C@@H]1C[C@H]2C[C@H](O1)[C@@H]1CC[C@H]1CN1C[C@@]3(CCCc4cc(Cl)ccc43)COc3ccc(cc31)C(=O)NS(=O)(=O)CCO2. The smallest absolute Gasteiger partial charge is 0.264 e. The molecule has 42 heavy (non-hydrogen) atoms. The Bertz CT molecular complexity index is 1480. The fraction of sp³-hybridized carbons (Fsp3) is 0.594. The summed E-state index contributed by atoms with van der Waals surface area (Å²) < 4.78 is 47.0. The van der Waals surface area contributed by atoms with Gasteiger partial charge in [-0.15, -0.1) is 0 Å². The van der Waals surface area contributed by atoms with Crippen molar-refractivity contribution in [3.63, 3.8) is 0 Å². The molecule has 1 saturated carbocycles. The number of nitrogens with zero attached hydrogens (tertiary/aromatic N) is 1. The number of hydrogen-bond acceptors (Lipinski definition) is 7. The summed E-state index contributed by atoms with van der Waals surface area (Å²) in [5.41, 5.74) is 3.48. The molecule has 4 bridgehead atoms. The van der Waals surface area contributed by atoms with Crippen LogP contribution in [0.25, 0.3) is 0 Å². The van der Waals surface area contributed by atoms with Gasteiger partial charge in [0.15, 0.2) is 0 Å². The molecule has 2 aromatic rings. The average Bonchev–Trinajstić information content (AvgIpc) is 3.07. The number of halogens is 1. The van der Waals surface area contributed by atoms with E-state index in [4.69, 9.17) is 25.8 Å². The van der Waals surface area contributed by atoms with Crippen molar-refractivity contribution in [2.75, 3.05) is 37.0 Å². The number of aryl methyl sites for hydroxylation is 1. The van der Waals surface area contributed by atoms with Crippen LogP contribution in [0.3, 0.4) is 0 Å². The summed E-state index contributed by atoms with van der Waals surface area (Å²) in [4.78, 5) is 15.6. The Morgan fingerprint density at radius 2 is 2.00 bits per heavy atom. The second kappa shape index (κ2) is 11.0. The van der Waals surface area contributed by atoms with Crippen LogP contribution in [0.5, 0.6) is 5.75 Å². The maximum absolute atomic E-state index is 13.2. The van der Waals surface area contributed by atoms with Crippen LogP contribution in [0.1, 0.15) is 66.9 Å². The van der Waals surface area contributed by atoms with E-state index in [9.17, 15) is 13.2 Å². The third-order valence-corrected chi connectivity index (χ3v) is 11.6. The summed E-state index contributed by atoms with van der Waals surface area (Å²) in [6.07, 6.45) is 6.85. The Balaban J connectivity index is 1.29. The zero-order valence-electron chi connectivity index (χ0n) is 24.0. The van der Waals surface area contributed by atoms with Crippen LogP contribution < -0.4 is 14.4 Å². The van der Waals surface area contributed by atoms with Gasteiger partial charge in [0.2, 0.25) is 10.0 Å². The molecule has 2 aliphatic carbocycles. The van der Waals surface area contributed by atoms with Gasteiger partial charge in [-0.25, -0.2) is 13.1 Å². The Hall–Kier alpha value is -2.33. The first-order valence-corrected chi connectivity index (χ1v) is 17.3. The summed E-state index contributed by atoms with van der Waals surface area (Å²) in [6, 6.07) is 11.5. The highest BCUT2D eigenvalue weighted by molar-refractivity contribution is 7.90. The zero-order valence-corrected chi connectivity index (χ0v) is 25.6. The van der Waals surface area contributed by atoms with Crippen LogP contribution in [-0.2, 0) is 31.3 Å². The maximum atomic E-state index is 13.2. The molecule has 2 aromatic carbocycles. The van der Waals surface area contributed by atoms with Gasteiger partial charge in [0, 0.05) is 35.5 Å². The molecule has 6 atom stereocenters. The molecule has 1 N–H and O–H groups in total. The highest BCUT2D eigenvalue weighted by Gasteiger charge is 2.46. The third-order valence-electron chi connectivity index (χ3n) is 10.2. The van der Waals surface area contributed by atoms with Crippen LogP contribution in [0.15, 0.2) is 36.4 Å². The molecule has 3 aliphatic heterocycles. The minimum atomic E-state index is -3.87. The Labute approximate surface area is 253 Å². The van der Waals surface area contributed by atoms with Crippen molar-refractivity contribution < 1.29 is 27.4 Å². The lowest BCUT2D eigenvalue weighted by molar-refractivity contribution is -0.146. The van der Waals surface area contributed by atoms with Crippen LogP contribution in [0.2, 0.25) is 5.02 Å². The molecule has 1 amide bonds. The molecular formula is C32H39ClN2O6S. The number of hydrogen-bond donors (Lipinski definition) is 1. The molecule has 3 heterocycles. The number of benzene rings is 2. The number of amides is 1. The van der Waals surface area contributed by atoms with Crippen LogP contribution in [0, 0.1) is 11.8 Å². The highest BCUT2D eigenvalue weighted by Crippen LogP contribution is 2.48. The molecule has 1 saturated heterocycles. The predicted molar refractivity (Wildman–Crippen MR) is 161 cm³/mol. The maximum Gasteiger partial charge on any atom is 0.264 e. The van der Waals surface area contributed by atoms with E-state index in [1.807, 2.05) is 12.1 Å². The van der Waals surface area contributed by atoms with Crippen molar-refractivity contribution in [2.45, 2.75) is 75.6 Å². The fourth-order valence-electron chi connectivity index (χ4n) is 7.97. The number of carbonyl (C=O) groups excluding carboxylic acids is 1. The minimum absolute atomic E-state index is 0.0430. The number of rotatable bonds is 0. The summed E-state index contributed by atoms with van der Waals surface area (Å²) in [6.45, 7) is 4.21. The van der Waals surface area contributed by atoms with E-state index in [-0.39, 0.29) is 36.1 Å². The lowest BCUT2D eigenvalue weighted by Gasteiger charge is -2.48. The number of nitrogens with one attached hydrogen (secondary N) is 1. The van der Waals surface area contributed by atoms with Crippen molar-refractivity contribution in [1.29, 1.82) is 0 Å². The van der Waals surface area contributed by atoms with Gasteiger partial charge in [-0.1, -0.05) is 17.7 Å². The number of sulfonamides is 1. The average molecular weight is 615 g/mol. The quantitative estimate of drug-likeness (QED) is 0.453. The van der Waals surface area contributed by atoms with Crippen LogP contribution >= 0.6 is 11.6 Å². The summed E-state index contributed by atoms with van der Waals surface area (Å²) in [5, 5.41) is 0.751. The summed E-state index contributed by atoms with van der Waals surface area (Å²) in [7, 11) is -3.87. The first-order valence-electron chi connectivity index (χ1n) is 15.3. The number of carbonyl (C=O) groups is 1. The first-order chi connectivity index (χ1) is 20.2. The van der Waals surface area contributed by atoms with Crippen LogP contribution in [0.4, 0.5) is 5.69 Å². The van der Waals surface area contributed by atoms with E-state index < -0.39 is 15.9 Å². The number of ether oxygens (including phenoxy) is 3. The lowest BCUT2D eigenvalue weighted by atomic mass is 9.67. The molecule has 0 radical (unpaired) electrons. The Morgan fingerprint density at radius 3 is 2.83 bits per heavy atom. The predicted octanol–water partition coefficient (Wildman–Crippen LogP) is 4.87. The summed E-state index contributed by atoms with van der Waals surface area (Å²) >= 11 is 6.41. The van der Waals surface area contributed by atoms with E-state index in [0.717, 1.165) is 74.5 Å². The van der Waals surface area contributed by atoms with Crippen molar-refractivity contribution in [3.05, 3.63) is 58.1 Å². The van der Waals surface area contributed by atoms with Gasteiger partial charge in [0.1, 0.15) is 5.75 Å². The van der Waals surface area contributed by atoms with E-state index in [0.29, 0.717) is 24.0 Å². The first kappa shape index (κ1) is 28.4. The second-order valence-electron chi connectivity index (χ2n) is 13.0. The fourth-order valence-corrected chi connectivity index (χ4v) is 8.98. The van der Waals surface area contributed by atoms with E-state index in [1.165, 1.54) is 11.1 Å². The Morgan fingerprint density at radius 1 is 1.12 bits per heavy atom. The molecule has 8 nitrogen and oxygen atoms in total. The van der Waals surface area contributed by atoms with Crippen LogP contribution in [-0.4, -0.2) is 64.7 Å². The molecule has 1 spiro atoms. The molecule has 226 valence electrons. The van der Waals surface area contributed by atoms with E-state index in [1.54, 1.807) is 12.1 Å². The topological polar surface area (TPSA) is 94.2 Å². The number of fused-ring (bicyclic) bond motifs is 7. The molecule has 10 heteroatoms. The van der Waals surface area contributed by atoms with Gasteiger partial charge in [-0.2, -0.15) is 0 Å². The summed E-state index contributed by atoms with van der Waals surface area (Å²) in [5.74, 6) is 0.655. The molecule has 2 fully saturated rings. The zero-order chi connectivity index (χ0) is 29.1. The van der Waals surface area contributed by atoms with Gasteiger partial charge in [-0.3, -0.25) is 4.79 Å². The Kier molecular flexibility index (Phi) is 7.44. The van der Waals surface area contributed by atoms with Gasteiger partial charge < -0.3 is 19.1 Å². The van der Waals surface area contributed by atoms with Crippen molar-refractivity contribution in [2.24, 2.45) is 11.8 Å². The van der Waals surface area contributed by atoms with Gasteiger partial charge in [-0.05, 0) is 98.7 Å². The minimum Gasteiger partial charge on any atom is -0.490 e. The third kappa shape index (κ3) is 5.42. The van der Waals surface area contributed by atoms with Crippen molar-refractivity contribution in [3.8, 4) is 5.75 Å². The number of anilines is 1. The standard InChI is InChI=1S/C32H39ClN2O6S/c1-20-13-25-16-30(41-20)26-7-4-23(26)17-35-18-32(10-2-3-21-14-24(33)6-8-27(21)32)19-40-29-9-5-22(15-28(29)35)31(36)34-42(37,38)12-11-39-25/h5-6,8-9,14-15,20,23,25-26,30H,2-4,7,10-13,16-19H2,1H3,(H,34,36)/t20-,23+,25+,26-,30+,32+/m1/s1. The van der Waals surface area contributed by atoms with E-state index >= 15 is 0 Å². The molecule has 0 aromatic heterocycles. The van der Waals surface area contributed by atoms with Gasteiger partial charge in [0.05, 0.1) is 43.0 Å². The van der Waals surface area contributed by atoms with Crippen molar-refractivity contribution in [1.82, 2.24) is 4.72 Å². The molecule has 5 aliphatic rings. The highest BCUT2D eigenvalue weighted by atomic mass is 35.5.